The number of nitrogens with zero attached hydrogens (tertiary/aromatic N) is 2. The SMILES string of the molecule is CC(C)COc1ccc(/C(O)=C2/C(=O)C(=O)N(C3CCCC3)C2c2ccncc2)cc1. The van der Waals surface area contributed by atoms with Crippen molar-refractivity contribution in [3.05, 3.63) is 65.5 Å². The molecule has 0 bridgehead atoms. The Morgan fingerprint density at radius 1 is 1.10 bits per heavy atom. The summed E-state index contributed by atoms with van der Waals surface area (Å²) in [5.41, 5.74) is 1.40. The van der Waals surface area contributed by atoms with Crippen molar-refractivity contribution in [2.45, 2.75) is 51.6 Å². The average molecular weight is 421 g/mol. The summed E-state index contributed by atoms with van der Waals surface area (Å²) in [5.74, 6) is -0.225. The Balaban J connectivity index is 1.74. The van der Waals surface area contributed by atoms with Gasteiger partial charge in [-0.1, -0.05) is 26.7 Å². The molecule has 1 amide bonds. The number of aliphatic hydroxyl groups excluding tert-OH is 1. The van der Waals surface area contributed by atoms with Crippen molar-refractivity contribution in [2.75, 3.05) is 6.61 Å². The fourth-order valence-electron chi connectivity index (χ4n) is 4.41. The number of Topliss-reactive ketones (excluding diaryl/α,β-unsaturated/α-hetero) is 1. The van der Waals surface area contributed by atoms with Gasteiger partial charge in [0.15, 0.2) is 0 Å². The summed E-state index contributed by atoms with van der Waals surface area (Å²) in [6, 6.07) is 9.98. The quantitative estimate of drug-likeness (QED) is 0.423. The molecule has 2 aliphatic rings. The van der Waals surface area contributed by atoms with E-state index < -0.39 is 17.7 Å². The predicted octanol–water partition coefficient (Wildman–Crippen LogP) is 4.48. The number of benzene rings is 1. The summed E-state index contributed by atoms with van der Waals surface area (Å²) in [5, 5.41) is 11.1. The lowest BCUT2D eigenvalue weighted by Gasteiger charge is -2.30. The van der Waals surface area contributed by atoms with Crippen LogP contribution in [0.5, 0.6) is 5.75 Å². The van der Waals surface area contributed by atoms with Gasteiger partial charge in [-0.2, -0.15) is 0 Å². The smallest absolute Gasteiger partial charge is 0.295 e. The highest BCUT2D eigenvalue weighted by Gasteiger charge is 2.49. The third-order valence-corrected chi connectivity index (χ3v) is 5.93. The van der Waals surface area contributed by atoms with E-state index in [1.54, 1.807) is 53.7 Å². The topological polar surface area (TPSA) is 79.7 Å². The molecule has 1 unspecified atom stereocenters. The number of rotatable bonds is 6. The number of aliphatic hydroxyl groups is 1. The largest absolute Gasteiger partial charge is 0.507 e. The van der Waals surface area contributed by atoms with Crippen LogP contribution in [0.4, 0.5) is 0 Å². The third kappa shape index (κ3) is 4.20. The third-order valence-electron chi connectivity index (χ3n) is 5.93. The predicted molar refractivity (Wildman–Crippen MR) is 117 cm³/mol. The molecule has 6 heteroatoms. The summed E-state index contributed by atoms with van der Waals surface area (Å²) in [6.45, 7) is 4.74. The van der Waals surface area contributed by atoms with Crippen molar-refractivity contribution in [3.8, 4) is 5.75 Å². The van der Waals surface area contributed by atoms with Crippen LogP contribution in [0.25, 0.3) is 5.76 Å². The maximum absolute atomic E-state index is 13.1. The Hall–Kier alpha value is -3.15. The van der Waals surface area contributed by atoms with Gasteiger partial charge in [0.25, 0.3) is 11.7 Å². The molecule has 2 heterocycles. The first-order valence-electron chi connectivity index (χ1n) is 10.9. The fraction of sp³-hybridized carbons (Fsp3) is 0.400. The molecule has 1 aromatic carbocycles. The lowest BCUT2D eigenvalue weighted by molar-refractivity contribution is -0.141. The number of hydrogen-bond donors (Lipinski definition) is 1. The van der Waals surface area contributed by atoms with Gasteiger partial charge in [-0.05, 0) is 60.7 Å². The molecule has 31 heavy (non-hydrogen) atoms. The molecule has 1 aliphatic carbocycles. The van der Waals surface area contributed by atoms with Crippen molar-refractivity contribution in [3.63, 3.8) is 0 Å². The summed E-state index contributed by atoms with van der Waals surface area (Å²) < 4.78 is 5.71. The molecule has 0 spiro atoms. The molecule has 1 N–H and O–H groups in total. The maximum atomic E-state index is 13.1. The van der Waals surface area contributed by atoms with E-state index >= 15 is 0 Å². The van der Waals surface area contributed by atoms with Crippen LogP contribution in [0.2, 0.25) is 0 Å². The highest BCUT2D eigenvalue weighted by atomic mass is 16.5. The second-order valence-electron chi connectivity index (χ2n) is 8.65. The lowest BCUT2D eigenvalue weighted by Crippen LogP contribution is -2.37. The molecule has 2 aromatic rings. The number of hydrogen-bond acceptors (Lipinski definition) is 5. The van der Waals surface area contributed by atoms with Crippen LogP contribution in [0, 0.1) is 5.92 Å². The van der Waals surface area contributed by atoms with E-state index in [4.69, 9.17) is 4.74 Å². The van der Waals surface area contributed by atoms with Gasteiger partial charge in [-0.25, -0.2) is 0 Å². The Morgan fingerprint density at radius 3 is 2.35 bits per heavy atom. The molecule has 4 rings (SSSR count). The van der Waals surface area contributed by atoms with Crippen molar-refractivity contribution in [1.29, 1.82) is 0 Å². The average Bonchev–Trinajstić information content (AvgIpc) is 3.40. The van der Waals surface area contributed by atoms with Gasteiger partial charge in [0.2, 0.25) is 0 Å². The van der Waals surface area contributed by atoms with E-state index in [9.17, 15) is 14.7 Å². The van der Waals surface area contributed by atoms with Gasteiger partial charge in [0, 0.05) is 24.0 Å². The zero-order valence-corrected chi connectivity index (χ0v) is 18.0. The normalized spacial score (nSPS) is 21.3. The van der Waals surface area contributed by atoms with Crippen LogP contribution in [-0.2, 0) is 9.59 Å². The minimum Gasteiger partial charge on any atom is -0.507 e. The van der Waals surface area contributed by atoms with Crippen LogP contribution >= 0.6 is 0 Å². The minimum absolute atomic E-state index is 0.00623. The number of aromatic nitrogens is 1. The van der Waals surface area contributed by atoms with Crippen LogP contribution in [0.3, 0.4) is 0 Å². The molecule has 1 aromatic heterocycles. The number of carbonyl (C=O) groups is 2. The second-order valence-corrected chi connectivity index (χ2v) is 8.65. The van der Waals surface area contributed by atoms with Crippen LogP contribution in [0.15, 0.2) is 54.4 Å². The standard InChI is InChI=1S/C25H28N2O4/c1-16(2)15-31-20-9-7-18(8-10-20)23(28)21-22(17-11-13-26-14-12-17)27(25(30)24(21)29)19-5-3-4-6-19/h7-14,16,19,22,28H,3-6,15H2,1-2H3/b23-21-. The first-order chi connectivity index (χ1) is 15.0. The lowest BCUT2D eigenvalue weighted by atomic mass is 9.95. The molecule has 0 radical (unpaired) electrons. The number of ether oxygens (including phenoxy) is 1. The van der Waals surface area contributed by atoms with Gasteiger partial charge >= 0.3 is 0 Å². The highest BCUT2D eigenvalue weighted by Crippen LogP contribution is 2.43. The molecule has 6 nitrogen and oxygen atoms in total. The van der Waals surface area contributed by atoms with Crippen molar-refractivity contribution < 1.29 is 19.4 Å². The van der Waals surface area contributed by atoms with Crippen LogP contribution in [-0.4, -0.2) is 39.3 Å². The monoisotopic (exact) mass is 420 g/mol. The number of likely N-dealkylation sites (tertiary alicyclic amines) is 1. The zero-order chi connectivity index (χ0) is 22.0. The Labute approximate surface area is 182 Å². The molecule has 1 saturated carbocycles. The van der Waals surface area contributed by atoms with Gasteiger partial charge in [-0.3, -0.25) is 14.6 Å². The number of ketones is 1. The number of pyridine rings is 1. The Kier molecular flexibility index (Phi) is 6.07. The molecule has 2 fully saturated rings. The molecular formula is C25H28N2O4. The number of amides is 1. The van der Waals surface area contributed by atoms with Crippen molar-refractivity contribution in [1.82, 2.24) is 9.88 Å². The highest BCUT2D eigenvalue weighted by molar-refractivity contribution is 6.46. The zero-order valence-electron chi connectivity index (χ0n) is 18.0. The molecule has 162 valence electrons. The summed E-state index contributed by atoms with van der Waals surface area (Å²) in [6.07, 6.45) is 7.10. The summed E-state index contributed by atoms with van der Waals surface area (Å²) >= 11 is 0. The molecule has 1 saturated heterocycles. The van der Waals surface area contributed by atoms with Gasteiger partial charge in [0.1, 0.15) is 11.5 Å². The van der Waals surface area contributed by atoms with E-state index in [0.29, 0.717) is 23.8 Å². The van der Waals surface area contributed by atoms with E-state index in [1.165, 1.54) is 0 Å². The first-order valence-corrected chi connectivity index (χ1v) is 10.9. The van der Waals surface area contributed by atoms with Crippen molar-refractivity contribution in [2.24, 2.45) is 5.92 Å². The fourth-order valence-corrected chi connectivity index (χ4v) is 4.41. The molecular weight excluding hydrogens is 392 g/mol. The van der Waals surface area contributed by atoms with Gasteiger partial charge in [0.05, 0.1) is 18.2 Å². The first kappa shape index (κ1) is 21.1. The van der Waals surface area contributed by atoms with E-state index in [2.05, 4.69) is 18.8 Å². The number of carbonyl (C=O) groups excluding carboxylic acids is 2. The van der Waals surface area contributed by atoms with E-state index in [0.717, 1.165) is 31.2 Å². The minimum atomic E-state index is -0.633. The summed E-state index contributed by atoms with van der Waals surface area (Å²) in [7, 11) is 0. The maximum Gasteiger partial charge on any atom is 0.295 e. The van der Waals surface area contributed by atoms with Crippen LogP contribution < -0.4 is 4.74 Å². The van der Waals surface area contributed by atoms with E-state index in [-0.39, 0.29) is 17.4 Å². The Bertz CT molecular complexity index is 976. The van der Waals surface area contributed by atoms with E-state index in [1.807, 2.05) is 0 Å². The second kappa shape index (κ2) is 8.92. The molecule has 1 aliphatic heterocycles. The Morgan fingerprint density at radius 2 is 1.74 bits per heavy atom. The summed E-state index contributed by atoms with van der Waals surface area (Å²) in [4.78, 5) is 31.8. The van der Waals surface area contributed by atoms with Crippen molar-refractivity contribution >= 4 is 17.4 Å². The van der Waals surface area contributed by atoms with Crippen LogP contribution in [0.1, 0.15) is 56.7 Å². The molecule has 1 atom stereocenters. The van der Waals surface area contributed by atoms with Gasteiger partial charge in [-0.15, -0.1) is 0 Å². The van der Waals surface area contributed by atoms with Gasteiger partial charge < -0.3 is 14.7 Å².